The van der Waals surface area contributed by atoms with Crippen molar-refractivity contribution in [3.63, 3.8) is 0 Å². The van der Waals surface area contributed by atoms with E-state index in [1.807, 2.05) is 6.07 Å². The fraction of sp³-hybridized carbons (Fsp3) is 0.444. The van der Waals surface area contributed by atoms with E-state index < -0.39 is 14.0 Å². The highest BCUT2D eigenvalue weighted by Crippen LogP contribution is 2.22. The smallest absolute Gasteiger partial charge is 0.341 e. The van der Waals surface area contributed by atoms with Gasteiger partial charge in [0.2, 0.25) is 5.88 Å². The summed E-state index contributed by atoms with van der Waals surface area (Å²) < 4.78 is 17.7. The van der Waals surface area contributed by atoms with Crippen LogP contribution in [0.4, 0.5) is 0 Å². The average molecular weight is 404 g/mol. The van der Waals surface area contributed by atoms with E-state index in [9.17, 15) is 4.79 Å². The van der Waals surface area contributed by atoms with Crippen molar-refractivity contribution in [3.05, 3.63) is 30.2 Å². The van der Waals surface area contributed by atoms with Crippen LogP contribution in [0.15, 0.2) is 24.7 Å². The van der Waals surface area contributed by atoms with E-state index in [1.54, 1.807) is 13.1 Å². The first-order valence-corrected chi connectivity index (χ1v) is 12.9. The Morgan fingerprint density at radius 3 is 2.86 bits per heavy atom. The first kappa shape index (κ1) is 20.0. The molecule has 0 saturated carbocycles. The molecule has 3 aromatic heterocycles. The second-order valence-electron chi connectivity index (χ2n) is 7.44. The standard InChI is InChI=1S/C18H25N5O4Si/c1-5-26-17(24)13-10-20-23(11-13)18-21-14-6-7-19-15(14)16(22-18)27-12-25-8-9-28(2,3)4/h6-7,10-11,19H,5,8-9,12H2,1-4H3. The minimum atomic E-state index is -1.15. The minimum absolute atomic E-state index is 0.0994. The van der Waals surface area contributed by atoms with Gasteiger partial charge < -0.3 is 19.2 Å². The Bertz CT molecular complexity index is 947. The number of nitrogens with one attached hydrogen (secondary N) is 1. The van der Waals surface area contributed by atoms with Gasteiger partial charge in [0.05, 0.1) is 23.9 Å². The number of ether oxygens (including phenoxy) is 3. The molecule has 0 saturated heterocycles. The maximum absolute atomic E-state index is 11.8. The molecule has 150 valence electrons. The van der Waals surface area contributed by atoms with Crippen LogP contribution in [0.25, 0.3) is 17.0 Å². The van der Waals surface area contributed by atoms with Crippen LogP contribution in [0.5, 0.6) is 5.88 Å². The molecule has 0 radical (unpaired) electrons. The normalized spacial score (nSPS) is 11.7. The molecule has 0 atom stereocenters. The summed E-state index contributed by atoms with van der Waals surface area (Å²) in [6.07, 6.45) is 4.71. The summed E-state index contributed by atoms with van der Waals surface area (Å²) in [5.74, 6) is 0.217. The largest absolute Gasteiger partial charge is 0.462 e. The predicted molar refractivity (Wildman–Crippen MR) is 107 cm³/mol. The van der Waals surface area contributed by atoms with Crippen LogP contribution in [0.2, 0.25) is 25.7 Å². The Labute approximate surface area is 164 Å². The zero-order valence-electron chi connectivity index (χ0n) is 16.6. The van der Waals surface area contributed by atoms with Gasteiger partial charge in [-0.15, -0.1) is 0 Å². The van der Waals surface area contributed by atoms with Gasteiger partial charge in [-0.25, -0.2) is 14.5 Å². The summed E-state index contributed by atoms with van der Waals surface area (Å²) in [7, 11) is -1.15. The molecule has 3 heterocycles. The van der Waals surface area contributed by atoms with E-state index in [1.165, 1.54) is 17.1 Å². The molecule has 0 unspecified atom stereocenters. The van der Waals surface area contributed by atoms with Crippen LogP contribution in [0.1, 0.15) is 17.3 Å². The number of carbonyl (C=O) groups is 1. The van der Waals surface area contributed by atoms with Gasteiger partial charge in [-0.05, 0) is 19.0 Å². The predicted octanol–water partition coefficient (Wildman–Crippen LogP) is 3.01. The summed E-state index contributed by atoms with van der Waals surface area (Å²) in [4.78, 5) is 23.8. The lowest BCUT2D eigenvalue weighted by Crippen LogP contribution is -2.22. The average Bonchev–Trinajstić information content (AvgIpc) is 3.30. The second kappa shape index (κ2) is 8.53. The van der Waals surface area contributed by atoms with E-state index in [4.69, 9.17) is 14.2 Å². The third-order valence-electron chi connectivity index (χ3n) is 3.93. The van der Waals surface area contributed by atoms with Crippen molar-refractivity contribution in [2.24, 2.45) is 0 Å². The van der Waals surface area contributed by atoms with Gasteiger partial charge in [-0.2, -0.15) is 10.1 Å². The molecule has 3 aromatic rings. The quantitative estimate of drug-likeness (QED) is 0.253. The third-order valence-corrected chi connectivity index (χ3v) is 5.64. The molecule has 9 nitrogen and oxygen atoms in total. The number of hydrogen-bond acceptors (Lipinski definition) is 7. The Hall–Kier alpha value is -2.72. The van der Waals surface area contributed by atoms with Crippen LogP contribution in [-0.4, -0.2) is 58.8 Å². The summed E-state index contributed by atoms with van der Waals surface area (Å²) in [6.45, 7) is 9.69. The highest BCUT2D eigenvalue weighted by molar-refractivity contribution is 6.76. The van der Waals surface area contributed by atoms with E-state index in [2.05, 4.69) is 39.7 Å². The minimum Gasteiger partial charge on any atom is -0.462 e. The SMILES string of the molecule is CCOC(=O)c1cnn(-c2nc(OCOCC[Si](C)(C)C)c3[nH]ccc3n2)c1. The van der Waals surface area contributed by atoms with E-state index in [-0.39, 0.29) is 6.79 Å². The zero-order chi connectivity index (χ0) is 20.1. The Morgan fingerprint density at radius 2 is 2.11 bits per heavy atom. The third kappa shape index (κ3) is 4.96. The van der Waals surface area contributed by atoms with Crippen molar-refractivity contribution >= 4 is 25.1 Å². The molecule has 0 aliphatic rings. The lowest BCUT2D eigenvalue weighted by molar-refractivity contribution is 0.0201. The van der Waals surface area contributed by atoms with Crippen molar-refractivity contribution in [3.8, 4) is 11.8 Å². The maximum atomic E-state index is 11.8. The van der Waals surface area contributed by atoms with Gasteiger partial charge in [0.25, 0.3) is 5.95 Å². The molecule has 0 fully saturated rings. The van der Waals surface area contributed by atoms with Crippen molar-refractivity contribution in [1.29, 1.82) is 0 Å². The van der Waals surface area contributed by atoms with Gasteiger partial charge >= 0.3 is 5.97 Å². The van der Waals surface area contributed by atoms with Crippen LogP contribution in [0, 0.1) is 0 Å². The number of fused-ring (bicyclic) bond motifs is 1. The molecular weight excluding hydrogens is 378 g/mol. The molecule has 0 aliphatic heterocycles. The van der Waals surface area contributed by atoms with Crippen LogP contribution in [0.3, 0.4) is 0 Å². The van der Waals surface area contributed by atoms with E-state index in [0.29, 0.717) is 41.6 Å². The van der Waals surface area contributed by atoms with Crippen LogP contribution in [-0.2, 0) is 9.47 Å². The first-order valence-electron chi connectivity index (χ1n) is 9.15. The van der Waals surface area contributed by atoms with Gasteiger partial charge in [0, 0.05) is 27.1 Å². The number of hydrogen-bond donors (Lipinski definition) is 1. The molecule has 0 aromatic carbocycles. The van der Waals surface area contributed by atoms with Gasteiger partial charge in [-0.1, -0.05) is 19.6 Å². The molecule has 28 heavy (non-hydrogen) atoms. The van der Waals surface area contributed by atoms with Gasteiger partial charge in [0.1, 0.15) is 5.52 Å². The summed E-state index contributed by atoms with van der Waals surface area (Å²) in [6, 6.07) is 2.88. The first-order chi connectivity index (χ1) is 13.4. The molecule has 10 heteroatoms. The Balaban J connectivity index is 1.75. The fourth-order valence-electron chi connectivity index (χ4n) is 2.40. The number of rotatable bonds is 9. The second-order valence-corrected chi connectivity index (χ2v) is 13.1. The fourth-order valence-corrected chi connectivity index (χ4v) is 3.16. The summed E-state index contributed by atoms with van der Waals surface area (Å²) >= 11 is 0. The number of nitrogens with zero attached hydrogens (tertiary/aromatic N) is 4. The lowest BCUT2D eigenvalue weighted by Gasteiger charge is -2.15. The Kier molecular flexibility index (Phi) is 6.10. The van der Waals surface area contributed by atoms with Gasteiger partial charge in [-0.3, -0.25) is 0 Å². The highest BCUT2D eigenvalue weighted by atomic mass is 28.3. The monoisotopic (exact) mass is 403 g/mol. The topological polar surface area (TPSA) is 104 Å². The summed E-state index contributed by atoms with van der Waals surface area (Å²) in [5, 5.41) is 4.16. The van der Waals surface area contributed by atoms with Crippen molar-refractivity contribution in [2.45, 2.75) is 32.6 Å². The van der Waals surface area contributed by atoms with Crippen LogP contribution < -0.4 is 4.74 Å². The molecule has 0 spiro atoms. The van der Waals surface area contributed by atoms with Crippen molar-refractivity contribution < 1.29 is 19.0 Å². The van der Waals surface area contributed by atoms with E-state index in [0.717, 1.165) is 6.04 Å². The molecule has 1 N–H and O–H groups in total. The molecule has 0 bridgehead atoms. The van der Waals surface area contributed by atoms with Crippen LogP contribution >= 0.6 is 0 Å². The number of carbonyl (C=O) groups excluding carboxylic acids is 1. The zero-order valence-corrected chi connectivity index (χ0v) is 17.6. The maximum Gasteiger partial charge on any atom is 0.341 e. The number of H-pyrrole nitrogens is 1. The number of aromatic nitrogens is 5. The highest BCUT2D eigenvalue weighted by Gasteiger charge is 2.16. The lowest BCUT2D eigenvalue weighted by atomic mass is 10.4. The van der Waals surface area contributed by atoms with Crippen molar-refractivity contribution in [1.82, 2.24) is 24.7 Å². The Morgan fingerprint density at radius 1 is 1.29 bits per heavy atom. The molecular formula is C18H25N5O4Si. The number of aromatic amines is 1. The van der Waals surface area contributed by atoms with Gasteiger partial charge in [0.15, 0.2) is 6.79 Å². The van der Waals surface area contributed by atoms with Crippen molar-refractivity contribution in [2.75, 3.05) is 20.0 Å². The molecule has 3 rings (SSSR count). The molecule has 0 aliphatic carbocycles. The summed E-state index contributed by atoms with van der Waals surface area (Å²) in [5.41, 5.74) is 1.68. The van der Waals surface area contributed by atoms with E-state index >= 15 is 0 Å². The molecule has 0 amide bonds. The number of esters is 1.